The van der Waals surface area contributed by atoms with E-state index in [1.54, 1.807) is 12.5 Å². The minimum absolute atomic E-state index is 0.180. The second kappa shape index (κ2) is 4.50. The van der Waals surface area contributed by atoms with Gasteiger partial charge >= 0.3 is 0 Å². The topological polar surface area (TPSA) is 49.0 Å². The average molecular weight is 204 g/mol. The van der Waals surface area contributed by atoms with Crippen LogP contribution < -0.4 is 5.32 Å². The lowest BCUT2D eigenvalue weighted by Gasteiger charge is -2.20. The molecule has 0 amide bonds. The van der Waals surface area contributed by atoms with Gasteiger partial charge in [-0.25, -0.2) is 0 Å². The highest BCUT2D eigenvalue weighted by molar-refractivity contribution is 5.11. The summed E-state index contributed by atoms with van der Waals surface area (Å²) in [5, 5.41) is 12.5. The second-order valence-electron chi connectivity index (χ2n) is 4.22. The molecule has 0 spiro atoms. The van der Waals surface area contributed by atoms with Crippen molar-refractivity contribution in [3.63, 3.8) is 0 Å². The molecule has 1 fully saturated rings. The van der Waals surface area contributed by atoms with Crippen LogP contribution in [0.3, 0.4) is 0 Å². The fraction of sp³-hybridized carbons (Fsp3) is 0.583. The first kappa shape index (κ1) is 10.3. The van der Waals surface area contributed by atoms with Gasteiger partial charge in [0, 0.05) is 17.6 Å². The van der Waals surface area contributed by atoms with Crippen molar-refractivity contribution in [1.82, 2.24) is 5.32 Å². The van der Waals surface area contributed by atoms with Gasteiger partial charge in [0.05, 0.1) is 24.5 Å². The second-order valence-corrected chi connectivity index (χ2v) is 4.22. The molecule has 15 heavy (non-hydrogen) atoms. The predicted octanol–water partition coefficient (Wildman–Crippen LogP) is 2.62. The minimum Gasteiger partial charge on any atom is -0.472 e. The Kier molecular flexibility index (Phi) is 3.08. The van der Waals surface area contributed by atoms with Gasteiger partial charge in [0.15, 0.2) is 0 Å². The van der Waals surface area contributed by atoms with E-state index >= 15 is 0 Å². The highest BCUT2D eigenvalue weighted by Gasteiger charge is 2.28. The van der Waals surface area contributed by atoms with E-state index in [0.29, 0.717) is 6.04 Å². The van der Waals surface area contributed by atoms with Crippen LogP contribution >= 0.6 is 0 Å². The van der Waals surface area contributed by atoms with Gasteiger partial charge < -0.3 is 9.73 Å². The van der Waals surface area contributed by atoms with Gasteiger partial charge in [-0.15, -0.1) is 0 Å². The van der Waals surface area contributed by atoms with Crippen molar-refractivity contribution in [3.8, 4) is 6.07 Å². The molecule has 1 heterocycles. The molecular weight excluding hydrogens is 188 g/mol. The number of nitriles is 1. The molecule has 3 atom stereocenters. The van der Waals surface area contributed by atoms with Crippen molar-refractivity contribution >= 4 is 0 Å². The van der Waals surface area contributed by atoms with Crippen LogP contribution in [0, 0.1) is 17.2 Å². The van der Waals surface area contributed by atoms with Crippen LogP contribution in [0.5, 0.6) is 0 Å². The molecule has 1 aliphatic carbocycles. The average Bonchev–Trinajstić information content (AvgIpc) is 2.87. The molecule has 0 aromatic carbocycles. The normalized spacial score (nSPS) is 27.5. The number of hydrogen-bond donors (Lipinski definition) is 1. The Morgan fingerprint density at radius 2 is 2.47 bits per heavy atom. The number of hydrogen-bond acceptors (Lipinski definition) is 3. The molecular formula is C12H16N2O. The van der Waals surface area contributed by atoms with Crippen LogP contribution in [0.2, 0.25) is 0 Å². The summed E-state index contributed by atoms with van der Waals surface area (Å²) in [5.41, 5.74) is 1.15. The Labute approximate surface area is 90.1 Å². The van der Waals surface area contributed by atoms with Gasteiger partial charge in [0.1, 0.15) is 0 Å². The lowest BCUT2D eigenvalue weighted by atomic mass is 10.0. The lowest BCUT2D eigenvalue weighted by Crippen LogP contribution is -2.33. The molecule has 1 aliphatic rings. The first-order valence-corrected chi connectivity index (χ1v) is 5.49. The van der Waals surface area contributed by atoms with Crippen LogP contribution in [-0.4, -0.2) is 6.04 Å². The quantitative estimate of drug-likeness (QED) is 0.823. The molecule has 1 aromatic heterocycles. The van der Waals surface area contributed by atoms with Crippen molar-refractivity contribution < 1.29 is 4.42 Å². The smallest absolute Gasteiger partial charge is 0.0950 e. The van der Waals surface area contributed by atoms with Gasteiger partial charge in [-0.1, -0.05) is 6.42 Å². The van der Waals surface area contributed by atoms with Crippen molar-refractivity contribution in [2.24, 2.45) is 5.92 Å². The maximum Gasteiger partial charge on any atom is 0.0950 e. The summed E-state index contributed by atoms with van der Waals surface area (Å²) in [6.45, 7) is 2.11. The fourth-order valence-corrected chi connectivity index (χ4v) is 2.25. The number of rotatable bonds is 3. The van der Waals surface area contributed by atoms with E-state index in [-0.39, 0.29) is 12.0 Å². The number of furan rings is 1. The molecule has 2 rings (SSSR count). The SMILES string of the molecule is CC(NC1CCCC1C#N)c1ccoc1. The van der Waals surface area contributed by atoms with Gasteiger partial charge in [-0.2, -0.15) is 5.26 Å². The Morgan fingerprint density at radius 1 is 1.60 bits per heavy atom. The summed E-state index contributed by atoms with van der Waals surface area (Å²) in [4.78, 5) is 0. The third-order valence-corrected chi connectivity index (χ3v) is 3.19. The first-order chi connectivity index (χ1) is 7.31. The van der Waals surface area contributed by atoms with E-state index in [2.05, 4.69) is 18.3 Å². The molecule has 80 valence electrons. The number of nitrogens with zero attached hydrogens (tertiary/aromatic N) is 1. The Morgan fingerprint density at radius 3 is 3.13 bits per heavy atom. The summed E-state index contributed by atoms with van der Waals surface area (Å²) in [6.07, 6.45) is 6.75. The fourth-order valence-electron chi connectivity index (χ4n) is 2.25. The zero-order valence-corrected chi connectivity index (χ0v) is 8.94. The first-order valence-electron chi connectivity index (χ1n) is 5.49. The zero-order chi connectivity index (χ0) is 10.7. The molecule has 0 radical (unpaired) electrons. The molecule has 0 saturated heterocycles. The van der Waals surface area contributed by atoms with Gasteiger partial charge in [-0.3, -0.25) is 0 Å². The van der Waals surface area contributed by atoms with Crippen molar-refractivity contribution in [2.75, 3.05) is 0 Å². The summed E-state index contributed by atoms with van der Waals surface area (Å²) < 4.78 is 5.05. The maximum absolute atomic E-state index is 8.97. The highest BCUT2D eigenvalue weighted by atomic mass is 16.3. The van der Waals surface area contributed by atoms with Gasteiger partial charge in [0.25, 0.3) is 0 Å². The van der Waals surface area contributed by atoms with Crippen LogP contribution in [0.15, 0.2) is 23.0 Å². The number of nitrogens with one attached hydrogen (secondary N) is 1. The summed E-state index contributed by atoms with van der Waals surface area (Å²) in [6, 6.07) is 4.96. The summed E-state index contributed by atoms with van der Waals surface area (Å²) in [5.74, 6) is 0.180. The third-order valence-electron chi connectivity index (χ3n) is 3.19. The molecule has 0 aliphatic heterocycles. The molecule has 1 N–H and O–H groups in total. The summed E-state index contributed by atoms with van der Waals surface area (Å²) in [7, 11) is 0. The molecule has 3 heteroatoms. The van der Waals surface area contributed by atoms with Crippen molar-refractivity contribution in [1.29, 1.82) is 5.26 Å². The van der Waals surface area contributed by atoms with E-state index in [1.807, 2.05) is 6.07 Å². The monoisotopic (exact) mass is 204 g/mol. The molecule has 1 aromatic rings. The van der Waals surface area contributed by atoms with E-state index < -0.39 is 0 Å². The molecule has 3 nitrogen and oxygen atoms in total. The standard InChI is InChI=1S/C12H16N2O/c1-9(11-5-6-15-8-11)14-12-4-2-3-10(12)7-13/h5-6,8-10,12,14H,2-4H2,1H3. The van der Waals surface area contributed by atoms with Crippen molar-refractivity contribution in [2.45, 2.75) is 38.3 Å². The largest absolute Gasteiger partial charge is 0.472 e. The Hall–Kier alpha value is -1.27. The summed E-state index contributed by atoms with van der Waals surface area (Å²) >= 11 is 0. The molecule has 0 bridgehead atoms. The van der Waals surface area contributed by atoms with Gasteiger partial charge in [0.2, 0.25) is 0 Å². The maximum atomic E-state index is 8.97. The molecule has 3 unspecified atom stereocenters. The van der Waals surface area contributed by atoms with E-state index in [1.165, 1.54) is 0 Å². The Balaban J connectivity index is 1.94. The Bertz CT molecular complexity index is 339. The van der Waals surface area contributed by atoms with Crippen LogP contribution in [0.25, 0.3) is 0 Å². The van der Waals surface area contributed by atoms with Crippen LogP contribution in [0.1, 0.15) is 37.8 Å². The molecule has 1 saturated carbocycles. The highest BCUT2D eigenvalue weighted by Crippen LogP contribution is 2.27. The van der Waals surface area contributed by atoms with Crippen LogP contribution in [-0.2, 0) is 0 Å². The third kappa shape index (κ3) is 2.21. The zero-order valence-electron chi connectivity index (χ0n) is 8.94. The van der Waals surface area contributed by atoms with Crippen molar-refractivity contribution in [3.05, 3.63) is 24.2 Å². The lowest BCUT2D eigenvalue weighted by molar-refractivity contribution is 0.415. The van der Waals surface area contributed by atoms with Gasteiger partial charge in [-0.05, 0) is 25.8 Å². The van der Waals surface area contributed by atoms with E-state index in [4.69, 9.17) is 9.68 Å². The van der Waals surface area contributed by atoms with E-state index in [9.17, 15) is 0 Å². The van der Waals surface area contributed by atoms with Crippen LogP contribution in [0.4, 0.5) is 0 Å². The minimum atomic E-state index is 0.180. The van der Waals surface area contributed by atoms with E-state index in [0.717, 1.165) is 24.8 Å². The predicted molar refractivity (Wildman–Crippen MR) is 57.0 cm³/mol.